The molecule has 19 heavy (non-hydrogen) atoms. The first-order chi connectivity index (χ1) is 9.11. The summed E-state index contributed by atoms with van der Waals surface area (Å²) in [4.78, 5) is 16.3. The van der Waals surface area contributed by atoms with Gasteiger partial charge in [-0.2, -0.15) is 5.10 Å². The van der Waals surface area contributed by atoms with Crippen LogP contribution < -0.4 is 5.73 Å². The van der Waals surface area contributed by atoms with E-state index < -0.39 is 0 Å². The van der Waals surface area contributed by atoms with Crippen LogP contribution in [0.2, 0.25) is 5.02 Å². The second-order valence-electron chi connectivity index (χ2n) is 4.24. The molecule has 100 valence electrons. The topological polar surface area (TPSA) is 73.8 Å². The van der Waals surface area contributed by atoms with Gasteiger partial charge >= 0.3 is 0 Å². The molecule has 0 bridgehead atoms. The lowest BCUT2D eigenvalue weighted by atomic mass is 10.1. The van der Waals surface area contributed by atoms with Crippen molar-refractivity contribution in [2.45, 2.75) is 26.3 Å². The minimum atomic E-state index is -0.0488. The largest absolute Gasteiger partial charge is 0.398 e. The van der Waals surface area contributed by atoms with E-state index in [4.69, 9.17) is 17.3 Å². The van der Waals surface area contributed by atoms with Gasteiger partial charge in [0.25, 0.3) is 0 Å². The Morgan fingerprint density at radius 3 is 2.95 bits per heavy atom. The van der Waals surface area contributed by atoms with E-state index in [0.29, 0.717) is 22.1 Å². The number of nitrogen functional groups attached to an aromatic ring is 1. The molecule has 5 nitrogen and oxygen atoms in total. The standard InChI is InChI=1S/C13H15ClN4O/c1-2-5-18-13(16-8-17-18)7-12(19)9-3-4-11(15)10(14)6-9/h3-4,6,8H,2,5,7,15H2,1H3. The summed E-state index contributed by atoms with van der Waals surface area (Å²) in [6.45, 7) is 2.80. The molecule has 2 N–H and O–H groups in total. The highest BCUT2D eigenvalue weighted by Crippen LogP contribution is 2.20. The van der Waals surface area contributed by atoms with Crippen molar-refractivity contribution in [2.75, 3.05) is 5.73 Å². The lowest BCUT2D eigenvalue weighted by Crippen LogP contribution is -2.11. The van der Waals surface area contributed by atoms with Gasteiger partial charge in [-0.05, 0) is 24.6 Å². The maximum absolute atomic E-state index is 12.2. The molecule has 2 aromatic rings. The van der Waals surface area contributed by atoms with Gasteiger partial charge in [-0.1, -0.05) is 18.5 Å². The molecule has 0 aliphatic carbocycles. The number of benzene rings is 1. The first-order valence-electron chi connectivity index (χ1n) is 6.06. The van der Waals surface area contributed by atoms with Crippen molar-refractivity contribution in [1.82, 2.24) is 14.8 Å². The summed E-state index contributed by atoms with van der Waals surface area (Å²) in [6, 6.07) is 4.89. The van der Waals surface area contributed by atoms with E-state index in [2.05, 4.69) is 10.1 Å². The first-order valence-corrected chi connectivity index (χ1v) is 6.44. The van der Waals surface area contributed by atoms with Crippen molar-refractivity contribution in [1.29, 1.82) is 0 Å². The SMILES string of the molecule is CCCn1ncnc1CC(=O)c1ccc(N)c(Cl)c1. The van der Waals surface area contributed by atoms with Crippen LogP contribution in [0.25, 0.3) is 0 Å². The molecule has 0 saturated heterocycles. The molecule has 0 atom stereocenters. The number of carbonyl (C=O) groups is 1. The van der Waals surface area contributed by atoms with Crippen LogP contribution in [0.5, 0.6) is 0 Å². The Hall–Kier alpha value is -1.88. The fourth-order valence-electron chi connectivity index (χ4n) is 1.77. The quantitative estimate of drug-likeness (QED) is 0.673. The van der Waals surface area contributed by atoms with Gasteiger partial charge < -0.3 is 5.73 Å². The Balaban J connectivity index is 2.16. The average molecular weight is 279 g/mol. The summed E-state index contributed by atoms with van der Waals surface area (Å²) in [6.07, 6.45) is 2.62. The van der Waals surface area contributed by atoms with Crippen molar-refractivity contribution in [2.24, 2.45) is 0 Å². The number of rotatable bonds is 5. The Labute approximate surface area is 116 Å². The molecule has 6 heteroatoms. The van der Waals surface area contributed by atoms with Gasteiger partial charge in [-0.3, -0.25) is 4.79 Å². The van der Waals surface area contributed by atoms with Gasteiger partial charge in [0.2, 0.25) is 0 Å². The monoisotopic (exact) mass is 278 g/mol. The molecule has 0 spiro atoms. The summed E-state index contributed by atoms with van der Waals surface area (Å²) < 4.78 is 1.75. The van der Waals surface area contributed by atoms with E-state index in [1.165, 1.54) is 6.33 Å². The Bertz CT molecular complexity index is 594. The molecular weight excluding hydrogens is 264 g/mol. The van der Waals surface area contributed by atoms with E-state index in [0.717, 1.165) is 13.0 Å². The number of ketones is 1. The van der Waals surface area contributed by atoms with Gasteiger partial charge in [0.1, 0.15) is 12.2 Å². The number of hydrogen-bond acceptors (Lipinski definition) is 4. The number of Topliss-reactive ketones (excluding diaryl/α,β-unsaturated/α-hetero) is 1. The molecule has 0 saturated carbocycles. The number of nitrogens with zero attached hydrogens (tertiary/aromatic N) is 3. The van der Waals surface area contributed by atoms with Crippen molar-refractivity contribution in [3.8, 4) is 0 Å². The third kappa shape index (κ3) is 3.12. The third-order valence-electron chi connectivity index (χ3n) is 2.77. The van der Waals surface area contributed by atoms with E-state index in [9.17, 15) is 4.79 Å². The van der Waals surface area contributed by atoms with Crippen molar-refractivity contribution < 1.29 is 4.79 Å². The molecule has 0 radical (unpaired) electrons. The first kappa shape index (κ1) is 13.5. The average Bonchev–Trinajstić information content (AvgIpc) is 2.80. The van der Waals surface area contributed by atoms with Crippen LogP contribution in [-0.2, 0) is 13.0 Å². The van der Waals surface area contributed by atoms with Crippen molar-refractivity contribution in [3.05, 3.63) is 40.9 Å². The number of aryl methyl sites for hydroxylation is 1. The number of aromatic nitrogens is 3. The highest BCUT2D eigenvalue weighted by atomic mass is 35.5. The number of hydrogen-bond donors (Lipinski definition) is 1. The fourth-order valence-corrected chi connectivity index (χ4v) is 1.95. The highest BCUT2D eigenvalue weighted by molar-refractivity contribution is 6.33. The molecule has 2 rings (SSSR count). The molecule has 1 heterocycles. The van der Waals surface area contributed by atoms with Crippen molar-refractivity contribution >= 4 is 23.1 Å². The van der Waals surface area contributed by atoms with Gasteiger partial charge in [-0.25, -0.2) is 9.67 Å². The maximum atomic E-state index is 12.2. The van der Waals surface area contributed by atoms with Gasteiger partial charge in [0.15, 0.2) is 5.78 Å². The summed E-state index contributed by atoms with van der Waals surface area (Å²) in [5.41, 5.74) is 6.62. The van der Waals surface area contributed by atoms with Gasteiger partial charge in [0, 0.05) is 12.1 Å². The van der Waals surface area contributed by atoms with Gasteiger partial charge in [-0.15, -0.1) is 0 Å². The highest BCUT2D eigenvalue weighted by Gasteiger charge is 2.13. The second kappa shape index (κ2) is 5.84. The van der Waals surface area contributed by atoms with Crippen LogP contribution >= 0.6 is 11.6 Å². The molecule has 0 amide bonds. The van der Waals surface area contributed by atoms with Crippen LogP contribution in [0.1, 0.15) is 29.5 Å². The summed E-state index contributed by atoms with van der Waals surface area (Å²) >= 11 is 5.91. The molecule has 0 fully saturated rings. The maximum Gasteiger partial charge on any atom is 0.170 e. The number of nitrogens with two attached hydrogens (primary N) is 1. The predicted octanol–water partition coefficient (Wildman–Crippen LogP) is 2.35. The minimum absolute atomic E-state index is 0.0488. The molecular formula is C13H15ClN4O. The van der Waals surface area contributed by atoms with E-state index in [1.807, 2.05) is 6.92 Å². The van der Waals surface area contributed by atoms with Crippen LogP contribution in [0.3, 0.4) is 0 Å². The zero-order valence-electron chi connectivity index (χ0n) is 10.6. The smallest absolute Gasteiger partial charge is 0.170 e. The molecule has 0 aliphatic heterocycles. The summed E-state index contributed by atoms with van der Waals surface area (Å²) in [7, 11) is 0. The van der Waals surface area contributed by atoms with Crippen LogP contribution in [0.4, 0.5) is 5.69 Å². The summed E-state index contributed by atoms with van der Waals surface area (Å²) in [5.74, 6) is 0.618. The predicted molar refractivity (Wildman–Crippen MR) is 74.2 cm³/mol. The number of carbonyl (C=O) groups excluding carboxylic acids is 1. The zero-order chi connectivity index (χ0) is 13.8. The van der Waals surface area contributed by atoms with E-state index in [-0.39, 0.29) is 12.2 Å². The van der Waals surface area contributed by atoms with E-state index >= 15 is 0 Å². The molecule has 1 aromatic carbocycles. The van der Waals surface area contributed by atoms with Crippen LogP contribution in [0, 0.1) is 0 Å². The molecule has 0 unspecified atom stereocenters. The normalized spacial score (nSPS) is 10.6. The molecule has 0 aliphatic rings. The Morgan fingerprint density at radius 2 is 2.26 bits per heavy atom. The van der Waals surface area contributed by atoms with Gasteiger partial charge in [0.05, 0.1) is 17.1 Å². The lowest BCUT2D eigenvalue weighted by Gasteiger charge is -2.05. The Kier molecular flexibility index (Phi) is 4.16. The zero-order valence-corrected chi connectivity index (χ0v) is 11.4. The molecule has 1 aromatic heterocycles. The minimum Gasteiger partial charge on any atom is -0.398 e. The van der Waals surface area contributed by atoms with E-state index in [1.54, 1.807) is 22.9 Å². The summed E-state index contributed by atoms with van der Waals surface area (Å²) in [5, 5.41) is 4.48. The second-order valence-corrected chi connectivity index (χ2v) is 4.64. The third-order valence-corrected chi connectivity index (χ3v) is 3.10. The fraction of sp³-hybridized carbons (Fsp3) is 0.308. The lowest BCUT2D eigenvalue weighted by molar-refractivity contribution is 0.0989. The van der Waals surface area contributed by atoms with Crippen LogP contribution in [0.15, 0.2) is 24.5 Å². The number of anilines is 1. The number of halogens is 1. The van der Waals surface area contributed by atoms with Crippen LogP contribution in [-0.4, -0.2) is 20.5 Å². The Morgan fingerprint density at radius 1 is 1.47 bits per heavy atom. The van der Waals surface area contributed by atoms with Crippen molar-refractivity contribution in [3.63, 3.8) is 0 Å².